The van der Waals surface area contributed by atoms with Gasteiger partial charge >= 0.3 is 0 Å². The molecule has 8 nitrogen and oxygen atoms in total. The topological polar surface area (TPSA) is 118 Å². The van der Waals surface area contributed by atoms with Crippen molar-refractivity contribution in [1.29, 1.82) is 0 Å². The summed E-state index contributed by atoms with van der Waals surface area (Å²) in [4.78, 5) is 22.6. The van der Waals surface area contributed by atoms with Gasteiger partial charge in [0.25, 0.3) is 15.9 Å². The number of fused-ring (bicyclic) bond motifs is 1. The molecule has 0 aliphatic carbocycles. The number of nitrogens with two attached hydrogens (primary N) is 1. The molecule has 34 heavy (non-hydrogen) atoms. The minimum atomic E-state index is -4.03. The second-order valence-corrected chi connectivity index (χ2v) is 9.41. The van der Waals surface area contributed by atoms with Gasteiger partial charge in [0.2, 0.25) is 5.92 Å². The third kappa shape index (κ3) is 5.09. The maximum Gasteiger partial charge on any atom is 0.259 e. The normalized spacial score (nSPS) is 16.3. The first-order chi connectivity index (χ1) is 15.9. The zero-order chi connectivity index (χ0) is 24.7. The Balaban J connectivity index is 1.74. The number of nitrogens with zero attached hydrogens (tertiary/aromatic N) is 3. The van der Waals surface area contributed by atoms with Crippen molar-refractivity contribution in [2.24, 2.45) is 5.14 Å². The minimum Gasteiger partial charge on any atom is -0.356 e. The standard InChI is InChI=1S/C21H19F4N5O3S/c22-15-9-12-8-14(20(31)28-13-2-3-18(27-11-13)34(26,32)33)19(29-17(12)10-16(15)23)30-6-1-4-21(24,25)5-7-30/h2-3,8-11H,1,4-7H2,(H,28,31)(H2,26,32,33). The number of amides is 1. The second kappa shape index (κ2) is 8.80. The van der Waals surface area contributed by atoms with Gasteiger partial charge in [0.1, 0.15) is 5.82 Å². The number of pyridine rings is 2. The first kappa shape index (κ1) is 23.8. The molecule has 1 fully saturated rings. The van der Waals surface area contributed by atoms with Gasteiger partial charge in [-0.3, -0.25) is 4.79 Å². The Morgan fingerprint density at radius 2 is 1.82 bits per heavy atom. The van der Waals surface area contributed by atoms with Crippen molar-refractivity contribution in [1.82, 2.24) is 9.97 Å². The molecule has 0 atom stereocenters. The molecule has 3 N–H and O–H groups in total. The van der Waals surface area contributed by atoms with Gasteiger partial charge in [-0.05, 0) is 30.7 Å². The number of aromatic nitrogens is 2. The number of benzene rings is 1. The van der Waals surface area contributed by atoms with E-state index in [4.69, 9.17) is 5.14 Å². The molecule has 3 aromatic rings. The van der Waals surface area contributed by atoms with E-state index in [1.54, 1.807) is 0 Å². The maximum absolute atomic E-state index is 13.9. The van der Waals surface area contributed by atoms with Crippen LogP contribution in [0.1, 0.15) is 29.6 Å². The number of hydrogen-bond donors (Lipinski definition) is 2. The van der Waals surface area contributed by atoms with E-state index in [1.165, 1.54) is 17.0 Å². The van der Waals surface area contributed by atoms with E-state index in [9.17, 15) is 30.8 Å². The van der Waals surface area contributed by atoms with Gasteiger partial charge in [0, 0.05) is 37.4 Å². The van der Waals surface area contributed by atoms with Crippen LogP contribution in [0.4, 0.5) is 29.1 Å². The summed E-state index contributed by atoms with van der Waals surface area (Å²) in [7, 11) is -4.03. The largest absolute Gasteiger partial charge is 0.356 e. The first-order valence-electron chi connectivity index (χ1n) is 10.2. The van der Waals surface area contributed by atoms with Crippen LogP contribution in [0.2, 0.25) is 0 Å². The summed E-state index contributed by atoms with van der Waals surface area (Å²) in [6.45, 7) is 0.0861. The Kier molecular flexibility index (Phi) is 6.16. The van der Waals surface area contributed by atoms with Crippen molar-refractivity contribution in [3.8, 4) is 0 Å². The molecule has 1 aliphatic heterocycles. The van der Waals surface area contributed by atoms with Crippen LogP contribution in [-0.4, -0.2) is 43.3 Å². The van der Waals surface area contributed by atoms with Crippen molar-refractivity contribution in [3.63, 3.8) is 0 Å². The molecular weight excluding hydrogens is 478 g/mol. The molecule has 0 bridgehead atoms. The van der Waals surface area contributed by atoms with Crippen LogP contribution in [-0.2, 0) is 10.0 Å². The summed E-state index contributed by atoms with van der Waals surface area (Å²) in [6, 6.07) is 5.42. The van der Waals surface area contributed by atoms with Crippen molar-refractivity contribution in [2.45, 2.75) is 30.2 Å². The summed E-state index contributed by atoms with van der Waals surface area (Å²) in [5.74, 6) is -5.81. The molecule has 1 amide bonds. The summed E-state index contributed by atoms with van der Waals surface area (Å²) >= 11 is 0. The fourth-order valence-electron chi connectivity index (χ4n) is 3.66. The third-order valence-electron chi connectivity index (χ3n) is 5.38. The van der Waals surface area contributed by atoms with Crippen LogP contribution in [0.3, 0.4) is 0 Å². The molecular formula is C21H19F4N5O3S. The molecule has 1 aromatic carbocycles. The fourth-order valence-corrected chi connectivity index (χ4v) is 4.12. The maximum atomic E-state index is 13.9. The number of primary sulfonamides is 1. The van der Waals surface area contributed by atoms with Gasteiger partial charge < -0.3 is 10.2 Å². The summed E-state index contributed by atoms with van der Waals surface area (Å²) < 4.78 is 78.1. The second-order valence-electron chi connectivity index (χ2n) is 7.90. The molecule has 4 rings (SSSR count). The van der Waals surface area contributed by atoms with Gasteiger partial charge in [0.05, 0.1) is 23.0 Å². The Hall–Kier alpha value is -3.32. The summed E-state index contributed by atoms with van der Waals surface area (Å²) in [5, 5.41) is 7.26. The van der Waals surface area contributed by atoms with E-state index in [0.717, 1.165) is 24.4 Å². The highest BCUT2D eigenvalue weighted by Gasteiger charge is 2.33. The molecule has 13 heteroatoms. The average Bonchev–Trinajstić information content (AvgIpc) is 2.94. The predicted molar refractivity (Wildman–Crippen MR) is 116 cm³/mol. The monoisotopic (exact) mass is 497 g/mol. The predicted octanol–water partition coefficient (Wildman–Crippen LogP) is 3.43. The molecule has 2 aromatic heterocycles. The van der Waals surface area contributed by atoms with E-state index in [2.05, 4.69) is 15.3 Å². The lowest BCUT2D eigenvalue weighted by molar-refractivity contribution is -0.0102. The molecule has 0 radical (unpaired) electrons. The van der Waals surface area contributed by atoms with Crippen LogP contribution in [0, 0.1) is 11.6 Å². The summed E-state index contributed by atoms with van der Waals surface area (Å²) in [5.41, 5.74) is 0.121. The third-order valence-corrected chi connectivity index (χ3v) is 6.21. The Morgan fingerprint density at radius 3 is 2.50 bits per heavy atom. The van der Waals surface area contributed by atoms with Crippen molar-refractivity contribution < 1.29 is 30.8 Å². The lowest BCUT2D eigenvalue weighted by Gasteiger charge is -2.24. The first-order valence-corrected chi connectivity index (χ1v) is 11.7. The number of sulfonamides is 1. The Labute approximate surface area is 191 Å². The molecule has 180 valence electrons. The number of hydrogen-bond acceptors (Lipinski definition) is 6. The number of anilines is 2. The summed E-state index contributed by atoms with van der Waals surface area (Å²) in [6.07, 6.45) is 0.447. The molecule has 0 spiro atoms. The highest BCUT2D eigenvalue weighted by Crippen LogP contribution is 2.32. The molecule has 3 heterocycles. The molecule has 1 saturated heterocycles. The van der Waals surface area contributed by atoms with E-state index in [1.807, 2.05) is 0 Å². The van der Waals surface area contributed by atoms with Crippen molar-refractivity contribution in [3.05, 3.63) is 53.7 Å². The Morgan fingerprint density at radius 1 is 1.09 bits per heavy atom. The van der Waals surface area contributed by atoms with Gasteiger partial charge in [-0.1, -0.05) is 0 Å². The van der Waals surface area contributed by atoms with E-state index in [-0.39, 0.29) is 53.9 Å². The van der Waals surface area contributed by atoms with Crippen molar-refractivity contribution in [2.75, 3.05) is 23.3 Å². The van der Waals surface area contributed by atoms with Crippen LogP contribution >= 0.6 is 0 Å². The molecule has 1 aliphatic rings. The van der Waals surface area contributed by atoms with Crippen molar-refractivity contribution >= 4 is 38.3 Å². The van der Waals surface area contributed by atoms with Gasteiger partial charge in [-0.25, -0.2) is 41.1 Å². The van der Waals surface area contributed by atoms with Gasteiger partial charge in [-0.2, -0.15) is 0 Å². The molecule has 0 saturated carbocycles. The molecule has 0 unspecified atom stereocenters. The number of halogens is 4. The van der Waals surface area contributed by atoms with Crippen LogP contribution < -0.4 is 15.4 Å². The minimum absolute atomic E-state index is 0.0443. The smallest absolute Gasteiger partial charge is 0.259 e. The van der Waals surface area contributed by atoms with Crippen LogP contribution in [0.25, 0.3) is 10.9 Å². The van der Waals surface area contributed by atoms with Crippen LogP contribution in [0.15, 0.2) is 41.6 Å². The van der Waals surface area contributed by atoms with E-state index < -0.39 is 44.9 Å². The number of nitrogens with one attached hydrogen (secondary N) is 1. The number of carbonyl (C=O) groups excluding carboxylic acids is 1. The number of rotatable bonds is 4. The number of alkyl halides is 2. The quantitative estimate of drug-likeness (QED) is 0.534. The zero-order valence-corrected chi connectivity index (χ0v) is 18.4. The SMILES string of the molecule is NS(=O)(=O)c1ccc(NC(=O)c2cc3cc(F)c(F)cc3nc2N2CCCC(F)(F)CC2)cn1. The average molecular weight is 497 g/mol. The van der Waals surface area contributed by atoms with E-state index >= 15 is 0 Å². The highest BCUT2D eigenvalue weighted by molar-refractivity contribution is 7.89. The van der Waals surface area contributed by atoms with Crippen LogP contribution in [0.5, 0.6) is 0 Å². The van der Waals surface area contributed by atoms with E-state index in [0.29, 0.717) is 0 Å². The lowest BCUT2D eigenvalue weighted by atomic mass is 10.1. The van der Waals surface area contributed by atoms with Gasteiger partial charge in [-0.15, -0.1) is 0 Å². The Bertz CT molecular complexity index is 1370. The lowest BCUT2D eigenvalue weighted by Crippen LogP contribution is -2.29. The van der Waals surface area contributed by atoms with Gasteiger partial charge in [0.15, 0.2) is 16.7 Å². The zero-order valence-electron chi connectivity index (χ0n) is 17.6. The highest BCUT2D eigenvalue weighted by atomic mass is 32.2. The fraction of sp³-hybridized carbons (Fsp3) is 0.286. The number of carbonyl (C=O) groups is 1.